The Kier molecular flexibility index (Phi) is 3.36. The predicted molar refractivity (Wildman–Crippen MR) is 81.9 cm³/mol. The van der Waals surface area contributed by atoms with E-state index in [1.165, 1.54) is 53.4 Å². The maximum Gasteiger partial charge on any atom is 0.0488 e. The van der Waals surface area contributed by atoms with Crippen LogP contribution in [0.15, 0.2) is 12.1 Å². The molecule has 0 amide bonds. The molecule has 1 aromatic carbocycles. The van der Waals surface area contributed by atoms with Crippen molar-refractivity contribution >= 4 is 10.9 Å². The molecule has 0 bridgehead atoms. The molecule has 1 aliphatic rings. The first-order valence-electron chi connectivity index (χ1n) is 7.53. The van der Waals surface area contributed by atoms with E-state index in [9.17, 15) is 0 Å². The van der Waals surface area contributed by atoms with E-state index in [4.69, 9.17) is 0 Å². The van der Waals surface area contributed by atoms with Crippen LogP contribution in [0.2, 0.25) is 0 Å². The van der Waals surface area contributed by atoms with Crippen LogP contribution in [0.25, 0.3) is 10.9 Å². The third-order valence-electron chi connectivity index (χ3n) is 4.32. The average molecular weight is 256 g/mol. The fourth-order valence-electron chi connectivity index (χ4n) is 3.40. The summed E-state index contributed by atoms with van der Waals surface area (Å²) in [5.74, 6) is 0. The van der Waals surface area contributed by atoms with Gasteiger partial charge < -0.3 is 10.3 Å². The lowest BCUT2D eigenvalue weighted by Crippen LogP contribution is -2.34. The maximum absolute atomic E-state index is 3.68. The van der Waals surface area contributed by atoms with Crippen LogP contribution < -0.4 is 5.32 Å². The number of nitrogens with one attached hydrogen (secondary N) is 2. The number of aromatic amines is 1. The zero-order valence-electron chi connectivity index (χ0n) is 12.3. The van der Waals surface area contributed by atoms with Crippen molar-refractivity contribution in [2.24, 2.45) is 0 Å². The standard InChI is InChI=1S/C17H24N2/c1-4-7-18-13-5-6-16-14(10-13)15-9-11(2)8-12(3)17(15)19-16/h8-9,13,18-19H,4-7,10H2,1-3H3. The number of aromatic nitrogens is 1. The van der Waals surface area contributed by atoms with E-state index in [1.807, 2.05) is 0 Å². The van der Waals surface area contributed by atoms with Crippen molar-refractivity contribution in [1.29, 1.82) is 0 Å². The summed E-state index contributed by atoms with van der Waals surface area (Å²) in [6.07, 6.45) is 4.84. The summed E-state index contributed by atoms with van der Waals surface area (Å²) in [5.41, 5.74) is 7.13. The van der Waals surface area contributed by atoms with Gasteiger partial charge in [0.05, 0.1) is 0 Å². The molecule has 0 fully saturated rings. The smallest absolute Gasteiger partial charge is 0.0488 e. The Morgan fingerprint density at radius 3 is 2.95 bits per heavy atom. The SMILES string of the molecule is CCCNC1CCc2[nH]c3c(C)cc(C)cc3c2C1. The Balaban J connectivity index is 1.98. The Bertz CT molecular complexity index is 595. The number of aryl methyl sites for hydroxylation is 3. The van der Waals surface area contributed by atoms with Crippen LogP contribution in [-0.2, 0) is 12.8 Å². The van der Waals surface area contributed by atoms with Gasteiger partial charge in [-0.2, -0.15) is 0 Å². The Hall–Kier alpha value is -1.28. The third-order valence-corrected chi connectivity index (χ3v) is 4.32. The summed E-state index contributed by atoms with van der Waals surface area (Å²) in [4.78, 5) is 3.66. The molecule has 19 heavy (non-hydrogen) atoms. The number of rotatable bonds is 3. The van der Waals surface area contributed by atoms with Crippen molar-refractivity contribution < 1.29 is 0 Å². The number of benzene rings is 1. The summed E-state index contributed by atoms with van der Waals surface area (Å²) in [6.45, 7) is 7.78. The van der Waals surface area contributed by atoms with Crippen LogP contribution >= 0.6 is 0 Å². The Morgan fingerprint density at radius 2 is 2.16 bits per heavy atom. The zero-order valence-corrected chi connectivity index (χ0v) is 12.3. The second-order valence-electron chi connectivity index (χ2n) is 5.98. The minimum atomic E-state index is 0.660. The molecule has 0 radical (unpaired) electrons. The van der Waals surface area contributed by atoms with Crippen LogP contribution in [0.4, 0.5) is 0 Å². The molecule has 102 valence electrons. The van der Waals surface area contributed by atoms with Crippen LogP contribution in [0.3, 0.4) is 0 Å². The number of fused-ring (bicyclic) bond motifs is 3. The van der Waals surface area contributed by atoms with Crippen molar-refractivity contribution in [2.45, 2.75) is 52.5 Å². The highest BCUT2D eigenvalue weighted by Gasteiger charge is 2.22. The summed E-state index contributed by atoms with van der Waals surface area (Å²) in [7, 11) is 0. The van der Waals surface area contributed by atoms with Gasteiger partial charge in [-0.3, -0.25) is 0 Å². The second-order valence-corrected chi connectivity index (χ2v) is 5.98. The molecule has 2 N–H and O–H groups in total. The van der Waals surface area contributed by atoms with Gasteiger partial charge in [-0.05, 0) is 63.3 Å². The van der Waals surface area contributed by atoms with Gasteiger partial charge in [-0.15, -0.1) is 0 Å². The van der Waals surface area contributed by atoms with Crippen molar-refractivity contribution in [3.8, 4) is 0 Å². The van der Waals surface area contributed by atoms with Gasteiger partial charge in [0.15, 0.2) is 0 Å². The lowest BCUT2D eigenvalue weighted by atomic mass is 9.91. The highest BCUT2D eigenvalue weighted by Crippen LogP contribution is 2.31. The highest BCUT2D eigenvalue weighted by atomic mass is 14.9. The fraction of sp³-hybridized carbons (Fsp3) is 0.529. The van der Waals surface area contributed by atoms with E-state index < -0.39 is 0 Å². The molecule has 2 heteroatoms. The number of hydrogen-bond donors (Lipinski definition) is 2. The molecule has 3 rings (SSSR count). The average Bonchev–Trinajstić information content (AvgIpc) is 2.75. The van der Waals surface area contributed by atoms with E-state index in [0.29, 0.717) is 6.04 Å². The molecule has 1 atom stereocenters. The summed E-state index contributed by atoms with van der Waals surface area (Å²) < 4.78 is 0. The Labute approximate surface area is 115 Å². The van der Waals surface area contributed by atoms with Crippen LogP contribution in [0.5, 0.6) is 0 Å². The molecule has 1 unspecified atom stereocenters. The quantitative estimate of drug-likeness (QED) is 0.862. The summed E-state index contributed by atoms with van der Waals surface area (Å²) in [6, 6.07) is 5.28. The molecule has 0 saturated heterocycles. The lowest BCUT2D eigenvalue weighted by molar-refractivity contribution is 0.458. The van der Waals surface area contributed by atoms with E-state index in [-0.39, 0.29) is 0 Å². The largest absolute Gasteiger partial charge is 0.358 e. The molecule has 2 aromatic rings. The van der Waals surface area contributed by atoms with Gasteiger partial charge in [0.1, 0.15) is 0 Å². The molecule has 1 aromatic heterocycles. The molecule has 2 nitrogen and oxygen atoms in total. The van der Waals surface area contributed by atoms with Gasteiger partial charge in [0.25, 0.3) is 0 Å². The molecule has 0 spiro atoms. The fourth-order valence-corrected chi connectivity index (χ4v) is 3.40. The first-order chi connectivity index (χ1) is 9.19. The van der Waals surface area contributed by atoms with Crippen molar-refractivity contribution in [3.63, 3.8) is 0 Å². The molecule has 0 saturated carbocycles. The van der Waals surface area contributed by atoms with Crippen LogP contribution in [0, 0.1) is 13.8 Å². The first-order valence-corrected chi connectivity index (χ1v) is 7.53. The van der Waals surface area contributed by atoms with Gasteiger partial charge in [-0.1, -0.05) is 18.6 Å². The predicted octanol–water partition coefficient (Wildman–Crippen LogP) is 3.64. The Morgan fingerprint density at radius 1 is 1.32 bits per heavy atom. The van der Waals surface area contributed by atoms with Gasteiger partial charge in [-0.25, -0.2) is 0 Å². The highest BCUT2D eigenvalue weighted by molar-refractivity contribution is 5.88. The third kappa shape index (κ3) is 2.30. The van der Waals surface area contributed by atoms with Crippen LogP contribution in [-0.4, -0.2) is 17.6 Å². The van der Waals surface area contributed by atoms with E-state index >= 15 is 0 Å². The van der Waals surface area contributed by atoms with E-state index in [0.717, 1.165) is 6.54 Å². The molecular formula is C17H24N2. The van der Waals surface area contributed by atoms with Crippen LogP contribution in [0.1, 0.15) is 42.1 Å². The first kappa shape index (κ1) is 12.7. The van der Waals surface area contributed by atoms with E-state index in [2.05, 4.69) is 43.2 Å². The number of H-pyrrole nitrogens is 1. The topological polar surface area (TPSA) is 27.8 Å². The zero-order chi connectivity index (χ0) is 13.4. The molecule has 1 heterocycles. The second kappa shape index (κ2) is 5.01. The maximum atomic E-state index is 3.68. The van der Waals surface area contributed by atoms with Crippen molar-refractivity contribution in [3.05, 3.63) is 34.5 Å². The molecular weight excluding hydrogens is 232 g/mol. The summed E-state index contributed by atoms with van der Waals surface area (Å²) >= 11 is 0. The minimum absolute atomic E-state index is 0.660. The van der Waals surface area contributed by atoms with Crippen molar-refractivity contribution in [2.75, 3.05) is 6.54 Å². The minimum Gasteiger partial charge on any atom is -0.358 e. The van der Waals surface area contributed by atoms with Gasteiger partial charge in [0.2, 0.25) is 0 Å². The van der Waals surface area contributed by atoms with Gasteiger partial charge >= 0.3 is 0 Å². The monoisotopic (exact) mass is 256 g/mol. The van der Waals surface area contributed by atoms with E-state index in [1.54, 1.807) is 5.56 Å². The normalized spacial score (nSPS) is 18.8. The number of hydrogen-bond acceptors (Lipinski definition) is 1. The summed E-state index contributed by atoms with van der Waals surface area (Å²) in [5, 5.41) is 5.14. The van der Waals surface area contributed by atoms with Crippen molar-refractivity contribution in [1.82, 2.24) is 10.3 Å². The van der Waals surface area contributed by atoms with Gasteiger partial charge in [0, 0.05) is 22.6 Å². The lowest BCUT2D eigenvalue weighted by Gasteiger charge is -2.23. The molecule has 1 aliphatic carbocycles. The molecule has 0 aliphatic heterocycles.